The van der Waals surface area contributed by atoms with Crippen LogP contribution < -0.4 is 20.1 Å². The zero-order chi connectivity index (χ0) is 33.6. The van der Waals surface area contributed by atoms with Gasteiger partial charge in [-0.2, -0.15) is 15.1 Å². The standard InChI is InChI=1S/C31H39N6O9P/c1-18(27(39)42-16-30(2,3)4)36-47(40,46-21-11-10-19-8-6-7-9-20(19)14-21)44-15-22-24(38)31(12-13-43-31)28(45-22)37-17-33-23-25(37)34-29(32)35-26(23)41-5/h6-11,14,17-18,22,24,28,38H,12-13,15-16H2,1-5H3,(H,36,40)(H2,32,34,35)/t18-,22+,24+,28+,31+,47?/m0/s1. The molecular weight excluding hydrogens is 631 g/mol. The highest BCUT2D eigenvalue weighted by Gasteiger charge is 2.62. The van der Waals surface area contributed by atoms with Gasteiger partial charge < -0.3 is 34.3 Å². The number of nitrogen functional groups attached to an aromatic ring is 1. The van der Waals surface area contributed by atoms with E-state index in [1.54, 1.807) is 16.7 Å². The highest BCUT2D eigenvalue weighted by Crippen LogP contribution is 2.51. The number of nitrogens with one attached hydrogen (secondary N) is 1. The summed E-state index contributed by atoms with van der Waals surface area (Å²) in [6.07, 6.45) is -1.21. The van der Waals surface area contributed by atoms with Crippen molar-refractivity contribution in [2.45, 2.75) is 64.2 Å². The van der Waals surface area contributed by atoms with Gasteiger partial charge in [-0.25, -0.2) is 9.55 Å². The summed E-state index contributed by atoms with van der Waals surface area (Å²) in [6.45, 7) is 7.45. The lowest BCUT2D eigenvalue weighted by atomic mass is 9.86. The maximum absolute atomic E-state index is 14.3. The van der Waals surface area contributed by atoms with Crippen LogP contribution in [0.4, 0.5) is 5.95 Å². The van der Waals surface area contributed by atoms with Gasteiger partial charge in [-0.1, -0.05) is 51.1 Å². The highest BCUT2D eigenvalue weighted by molar-refractivity contribution is 7.52. The quantitative estimate of drug-likeness (QED) is 0.154. The lowest BCUT2D eigenvalue weighted by Crippen LogP contribution is -2.56. The van der Waals surface area contributed by atoms with Gasteiger partial charge in [-0.15, -0.1) is 0 Å². The Morgan fingerprint density at radius 3 is 2.66 bits per heavy atom. The smallest absolute Gasteiger partial charge is 0.459 e. The number of aromatic nitrogens is 4. The topological polar surface area (TPSA) is 191 Å². The van der Waals surface area contributed by atoms with Gasteiger partial charge in [-0.3, -0.25) is 13.9 Å². The molecule has 4 N–H and O–H groups in total. The molecule has 252 valence electrons. The number of methoxy groups -OCH3 is 1. The molecule has 0 aliphatic carbocycles. The van der Waals surface area contributed by atoms with E-state index in [-0.39, 0.29) is 29.6 Å². The second-order valence-electron chi connectivity index (χ2n) is 12.9. The fourth-order valence-electron chi connectivity index (χ4n) is 5.56. The third-order valence-corrected chi connectivity index (χ3v) is 9.64. The molecule has 6 atom stereocenters. The van der Waals surface area contributed by atoms with Crippen LogP contribution in [0.15, 0.2) is 48.8 Å². The molecule has 2 aliphatic heterocycles. The molecule has 6 rings (SSSR count). The summed E-state index contributed by atoms with van der Waals surface area (Å²) >= 11 is 0. The maximum atomic E-state index is 14.3. The van der Waals surface area contributed by atoms with E-state index in [9.17, 15) is 14.5 Å². The van der Waals surface area contributed by atoms with Gasteiger partial charge in [0.1, 0.15) is 29.6 Å². The first kappa shape index (κ1) is 33.1. The van der Waals surface area contributed by atoms with Crippen molar-refractivity contribution in [3.63, 3.8) is 0 Å². The second kappa shape index (κ2) is 12.6. The molecule has 0 saturated carbocycles. The molecule has 0 bridgehead atoms. The highest BCUT2D eigenvalue weighted by atomic mass is 31.2. The number of ether oxygens (including phenoxy) is 4. The van der Waals surface area contributed by atoms with E-state index in [1.165, 1.54) is 20.4 Å². The van der Waals surface area contributed by atoms with E-state index in [4.69, 9.17) is 33.7 Å². The van der Waals surface area contributed by atoms with Crippen LogP contribution >= 0.6 is 7.75 Å². The summed E-state index contributed by atoms with van der Waals surface area (Å²) < 4.78 is 50.8. The van der Waals surface area contributed by atoms with E-state index >= 15 is 0 Å². The number of benzene rings is 2. The Morgan fingerprint density at radius 1 is 1.23 bits per heavy atom. The zero-order valence-electron chi connectivity index (χ0n) is 26.8. The van der Waals surface area contributed by atoms with Crippen molar-refractivity contribution in [2.75, 3.05) is 32.7 Å². The van der Waals surface area contributed by atoms with Crippen molar-refractivity contribution in [3.8, 4) is 11.6 Å². The van der Waals surface area contributed by atoms with Crippen LogP contribution in [0.1, 0.15) is 40.3 Å². The molecular formula is C31H39N6O9P. The number of rotatable bonds is 11. The zero-order valence-corrected chi connectivity index (χ0v) is 27.7. The number of nitrogens with two attached hydrogens (primary N) is 1. The molecule has 1 spiro atoms. The van der Waals surface area contributed by atoms with Crippen molar-refractivity contribution >= 4 is 41.6 Å². The first-order valence-corrected chi connectivity index (χ1v) is 16.7. The van der Waals surface area contributed by atoms with Crippen LogP contribution in [-0.4, -0.2) is 81.4 Å². The van der Waals surface area contributed by atoms with E-state index in [0.717, 1.165) is 10.8 Å². The Morgan fingerprint density at radius 2 is 1.98 bits per heavy atom. The maximum Gasteiger partial charge on any atom is 0.459 e. The summed E-state index contributed by atoms with van der Waals surface area (Å²) in [5.74, 6) is -0.239. The van der Waals surface area contributed by atoms with Crippen molar-refractivity contribution in [3.05, 3.63) is 48.8 Å². The summed E-state index contributed by atoms with van der Waals surface area (Å²) in [5.41, 5.74) is 5.14. The average Bonchev–Trinajstić information content (AvgIpc) is 3.55. The number of carbonyl (C=O) groups is 1. The molecule has 15 nitrogen and oxygen atoms in total. The van der Waals surface area contributed by atoms with Gasteiger partial charge in [0.15, 0.2) is 17.4 Å². The predicted molar refractivity (Wildman–Crippen MR) is 171 cm³/mol. The molecule has 47 heavy (non-hydrogen) atoms. The Kier molecular flexibility index (Phi) is 8.89. The Hall–Kier alpha value is -3.85. The first-order chi connectivity index (χ1) is 22.3. The lowest BCUT2D eigenvalue weighted by molar-refractivity contribution is -0.225. The number of hydrogen-bond acceptors (Lipinski definition) is 13. The summed E-state index contributed by atoms with van der Waals surface area (Å²) in [7, 11) is -2.85. The fraction of sp³-hybridized carbons (Fsp3) is 0.484. The molecule has 16 heteroatoms. The Bertz CT molecular complexity index is 1820. The molecule has 2 aliphatic rings. The van der Waals surface area contributed by atoms with Crippen LogP contribution in [0.5, 0.6) is 11.6 Å². The number of aliphatic hydroxyl groups is 1. The molecule has 1 unspecified atom stereocenters. The number of esters is 1. The normalized spacial score (nSPS) is 24.6. The molecule has 0 amide bonds. The third-order valence-electron chi connectivity index (χ3n) is 8.00. The van der Waals surface area contributed by atoms with Crippen molar-refractivity contribution in [2.24, 2.45) is 5.41 Å². The van der Waals surface area contributed by atoms with Crippen LogP contribution in [0, 0.1) is 5.41 Å². The minimum atomic E-state index is -4.30. The minimum Gasteiger partial charge on any atom is -0.479 e. The SMILES string of the molecule is COc1nc(N)nc2c1ncn2[C@@H]1O[C@H](COP(=O)(N[C@@H](C)C(=O)OCC(C)(C)C)Oc2ccc3ccccc3c2)[C@@H](O)[C@]12CCO2. The van der Waals surface area contributed by atoms with Crippen molar-refractivity contribution in [1.82, 2.24) is 24.6 Å². The lowest BCUT2D eigenvalue weighted by Gasteiger charge is -2.44. The number of nitrogens with zero attached hydrogens (tertiary/aromatic N) is 4. The van der Waals surface area contributed by atoms with E-state index < -0.39 is 50.4 Å². The number of carbonyl (C=O) groups excluding carboxylic acids is 1. The monoisotopic (exact) mass is 670 g/mol. The molecule has 4 heterocycles. The molecule has 2 aromatic heterocycles. The van der Waals surface area contributed by atoms with Gasteiger partial charge in [0.25, 0.3) is 0 Å². The third kappa shape index (κ3) is 6.64. The summed E-state index contributed by atoms with van der Waals surface area (Å²) in [4.78, 5) is 25.6. The fourth-order valence-corrected chi connectivity index (χ4v) is 7.05. The molecule has 2 fully saturated rings. The van der Waals surface area contributed by atoms with E-state index in [0.29, 0.717) is 24.2 Å². The van der Waals surface area contributed by atoms with Crippen molar-refractivity contribution < 1.29 is 42.5 Å². The number of fused-ring (bicyclic) bond motifs is 2. The summed E-state index contributed by atoms with van der Waals surface area (Å²) in [5, 5.41) is 16.0. The average molecular weight is 671 g/mol. The van der Waals surface area contributed by atoms with E-state index in [1.807, 2.05) is 51.1 Å². The number of anilines is 1. The Labute approximate surface area is 271 Å². The van der Waals surface area contributed by atoms with Gasteiger partial charge in [0.2, 0.25) is 11.8 Å². The number of imidazole rings is 1. The molecule has 2 aromatic carbocycles. The van der Waals surface area contributed by atoms with Crippen LogP contribution in [-0.2, 0) is 28.1 Å². The second-order valence-corrected chi connectivity index (χ2v) is 14.5. The number of aliphatic hydroxyl groups excluding tert-OH is 1. The van der Waals surface area contributed by atoms with Crippen LogP contribution in [0.25, 0.3) is 21.9 Å². The molecule has 0 radical (unpaired) electrons. The van der Waals surface area contributed by atoms with E-state index in [2.05, 4.69) is 20.0 Å². The Balaban J connectivity index is 1.25. The number of hydrogen-bond donors (Lipinski definition) is 3. The minimum absolute atomic E-state index is 0.0360. The largest absolute Gasteiger partial charge is 0.479 e. The van der Waals surface area contributed by atoms with Gasteiger partial charge in [0.05, 0.1) is 33.3 Å². The predicted octanol–water partition coefficient (Wildman–Crippen LogP) is 3.76. The van der Waals surface area contributed by atoms with Gasteiger partial charge in [-0.05, 0) is 35.2 Å². The van der Waals surface area contributed by atoms with Crippen LogP contribution in [0.2, 0.25) is 0 Å². The van der Waals surface area contributed by atoms with Crippen molar-refractivity contribution in [1.29, 1.82) is 0 Å². The van der Waals surface area contributed by atoms with Gasteiger partial charge >= 0.3 is 13.7 Å². The van der Waals surface area contributed by atoms with Crippen LogP contribution in [0.3, 0.4) is 0 Å². The van der Waals surface area contributed by atoms with Gasteiger partial charge in [0, 0.05) is 6.42 Å². The first-order valence-electron chi connectivity index (χ1n) is 15.2. The molecule has 4 aromatic rings. The molecule has 2 saturated heterocycles. The summed E-state index contributed by atoms with van der Waals surface area (Å²) in [6, 6.07) is 11.7.